The fourth-order valence-electron chi connectivity index (χ4n) is 4.36. The first-order valence-electron chi connectivity index (χ1n) is 12.5. The first-order valence-corrected chi connectivity index (χ1v) is 16.3. The number of aryl methyl sites for hydroxylation is 1. The number of hydrogen-bond donors (Lipinski definition) is 2. The molecule has 1 aliphatic rings. The van der Waals surface area contributed by atoms with Crippen molar-refractivity contribution >= 4 is 43.0 Å². The molecule has 1 aliphatic heterocycles. The molecule has 0 saturated heterocycles. The van der Waals surface area contributed by atoms with E-state index in [2.05, 4.69) is 9.71 Å². The van der Waals surface area contributed by atoms with Crippen molar-refractivity contribution in [3.05, 3.63) is 53.8 Å². The van der Waals surface area contributed by atoms with E-state index in [-0.39, 0.29) is 52.9 Å². The Hall–Kier alpha value is -2.98. The van der Waals surface area contributed by atoms with Gasteiger partial charge in [0, 0.05) is 44.0 Å². The number of thiophene rings is 1. The van der Waals surface area contributed by atoms with Crippen LogP contribution >= 0.6 is 11.3 Å². The summed E-state index contributed by atoms with van der Waals surface area (Å²) in [5, 5.41) is 11.4. The number of likely N-dealkylation sites (N-methyl/N-ethyl adjacent to an activating group) is 1. The van der Waals surface area contributed by atoms with Crippen molar-refractivity contribution in [3.63, 3.8) is 0 Å². The zero-order chi connectivity index (χ0) is 29.2. The Balaban J connectivity index is 1.68. The number of imidazole rings is 1. The van der Waals surface area contributed by atoms with Crippen LogP contribution in [-0.4, -0.2) is 85.5 Å². The molecule has 1 aromatic carbocycles. The molecule has 3 heterocycles. The highest BCUT2D eigenvalue weighted by atomic mass is 32.2. The molecule has 4 rings (SSSR count). The summed E-state index contributed by atoms with van der Waals surface area (Å²) in [7, 11) is -4.60. The van der Waals surface area contributed by atoms with Gasteiger partial charge in [-0.1, -0.05) is 13.0 Å². The first-order chi connectivity index (χ1) is 18.8. The number of anilines is 1. The summed E-state index contributed by atoms with van der Waals surface area (Å²) in [6.45, 7) is 3.56. The van der Waals surface area contributed by atoms with Crippen LogP contribution in [0.1, 0.15) is 19.4 Å². The summed E-state index contributed by atoms with van der Waals surface area (Å²) in [4.78, 5) is 18.8. The quantitative estimate of drug-likeness (QED) is 0.372. The highest BCUT2D eigenvalue weighted by Crippen LogP contribution is 2.31. The maximum atomic E-state index is 13.4. The van der Waals surface area contributed by atoms with Gasteiger partial charge in [0.1, 0.15) is 16.1 Å². The van der Waals surface area contributed by atoms with Gasteiger partial charge in [0.25, 0.3) is 20.0 Å². The van der Waals surface area contributed by atoms with Crippen molar-refractivity contribution in [2.24, 2.45) is 13.0 Å². The lowest BCUT2D eigenvalue weighted by atomic mass is 10.0. The number of nitrogens with zero attached hydrogens (tertiary/aromatic N) is 4. The highest BCUT2D eigenvalue weighted by molar-refractivity contribution is 7.92. The van der Waals surface area contributed by atoms with Crippen LogP contribution in [0.5, 0.6) is 5.75 Å². The van der Waals surface area contributed by atoms with E-state index in [1.54, 1.807) is 36.4 Å². The Bertz CT molecular complexity index is 1550. The number of carbonyl (C=O) groups excluding carboxylic acids is 1. The average molecular weight is 612 g/mol. The van der Waals surface area contributed by atoms with Gasteiger partial charge in [0.05, 0.1) is 31.9 Å². The number of aliphatic hydroxyl groups excluding tert-OH is 1. The maximum absolute atomic E-state index is 13.4. The predicted octanol–water partition coefficient (Wildman–Crippen LogP) is 1.75. The second-order valence-corrected chi connectivity index (χ2v) is 14.8. The van der Waals surface area contributed by atoms with E-state index in [0.717, 1.165) is 11.3 Å². The summed E-state index contributed by atoms with van der Waals surface area (Å²) in [6.07, 6.45) is 1.97. The molecular formula is C25H33N5O7S3. The largest absolute Gasteiger partial charge is 0.488 e. The average Bonchev–Trinajstić information content (AvgIpc) is 3.60. The molecule has 0 bridgehead atoms. The minimum Gasteiger partial charge on any atom is -0.488 e. The van der Waals surface area contributed by atoms with Crippen LogP contribution in [0.2, 0.25) is 0 Å². The molecule has 2 aromatic heterocycles. The van der Waals surface area contributed by atoms with Gasteiger partial charge in [-0.2, -0.15) is 12.7 Å². The Morgan fingerprint density at radius 1 is 1.27 bits per heavy atom. The smallest absolute Gasteiger partial charge is 0.280 e. The third-order valence-electron chi connectivity index (χ3n) is 6.72. The molecular weight excluding hydrogens is 579 g/mol. The standard InChI is InChI=1S/C25H33N5O7S3/c1-17-12-30(18(2)15-31)24(32)11-19-10-20(27-39(33,34)23-14-28(3)16-26-23)7-8-21(19)37-22(17)13-29(4)40(35,36)25-6-5-9-38-25/h5-10,14,16-18,22,27,31H,11-13,15H2,1-4H3/t17-,18+,22-/m1/s1. The lowest BCUT2D eigenvalue weighted by Gasteiger charge is -2.33. The maximum Gasteiger partial charge on any atom is 0.280 e. The minimum atomic E-state index is -3.98. The first kappa shape index (κ1) is 30.0. The number of rotatable bonds is 9. The second kappa shape index (κ2) is 11.9. The van der Waals surface area contributed by atoms with Gasteiger partial charge in [-0.05, 0) is 36.6 Å². The summed E-state index contributed by atoms with van der Waals surface area (Å²) < 4.78 is 63.7. The molecule has 0 spiro atoms. The fourth-order valence-corrected chi connectivity index (χ4v) is 7.78. The summed E-state index contributed by atoms with van der Waals surface area (Å²) >= 11 is 1.12. The number of aliphatic hydroxyl groups is 1. The number of nitrogens with one attached hydrogen (secondary N) is 1. The van der Waals surface area contributed by atoms with Crippen LogP contribution in [0.3, 0.4) is 0 Å². The van der Waals surface area contributed by atoms with Crippen LogP contribution in [0.4, 0.5) is 5.69 Å². The Labute approximate surface area is 238 Å². The molecule has 40 heavy (non-hydrogen) atoms. The molecule has 3 aromatic rings. The number of aromatic nitrogens is 2. The molecule has 15 heteroatoms. The molecule has 0 unspecified atom stereocenters. The number of ether oxygens (including phenoxy) is 1. The van der Waals surface area contributed by atoms with E-state index in [0.29, 0.717) is 11.3 Å². The van der Waals surface area contributed by atoms with Crippen molar-refractivity contribution in [3.8, 4) is 5.75 Å². The topological polar surface area (TPSA) is 151 Å². The fraction of sp³-hybridized carbons (Fsp3) is 0.440. The number of fused-ring (bicyclic) bond motifs is 1. The van der Waals surface area contributed by atoms with E-state index in [1.165, 1.54) is 46.6 Å². The molecule has 12 nitrogen and oxygen atoms in total. The summed E-state index contributed by atoms with van der Waals surface area (Å²) in [5.74, 6) is -0.248. The third-order valence-corrected chi connectivity index (χ3v) is 11.2. The van der Waals surface area contributed by atoms with Crippen molar-refractivity contribution in [2.45, 2.75) is 41.6 Å². The SMILES string of the molecule is C[C@@H]1CN([C@@H](C)CO)C(=O)Cc2cc(NS(=O)(=O)c3cn(C)cn3)ccc2O[C@@H]1CN(C)S(=O)(=O)c1cccs1. The minimum absolute atomic E-state index is 0.00440. The Morgan fingerprint density at radius 3 is 2.65 bits per heavy atom. The van der Waals surface area contributed by atoms with Gasteiger partial charge in [-0.3, -0.25) is 9.52 Å². The molecule has 0 fully saturated rings. The van der Waals surface area contributed by atoms with Crippen LogP contribution in [0.25, 0.3) is 0 Å². The van der Waals surface area contributed by atoms with Crippen molar-refractivity contribution in [2.75, 3.05) is 31.5 Å². The lowest BCUT2D eigenvalue weighted by Crippen LogP contribution is -2.48. The van der Waals surface area contributed by atoms with Crippen LogP contribution in [-0.2, 0) is 38.3 Å². The van der Waals surface area contributed by atoms with E-state index in [1.807, 2.05) is 6.92 Å². The number of sulfonamides is 2. The lowest BCUT2D eigenvalue weighted by molar-refractivity contribution is -0.134. The molecule has 0 radical (unpaired) electrons. The van der Waals surface area contributed by atoms with Gasteiger partial charge in [-0.25, -0.2) is 13.4 Å². The molecule has 0 aliphatic carbocycles. The molecule has 3 atom stereocenters. The summed E-state index contributed by atoms with van der Waals surface area (Å²) in [6, 6.07) is 7.32. The van der Waals surface area contributed by atoms with E-state index in [9.17, 15) is 26.7 Å². The van der Waals surface area contributed by atoms with Crippen molar-refractivity contribution in [1.29, 1.82) is 0 Å². The van der Waals surface area contributed by atoms with Gasteiger partial charge in [0.2, 0.25) is 5.91 Å². The van der Waals surface area contributed by atoms with Gasteiger partial charge < -0.3 is 19.3 Å². The van der Waals surface area contributed by atoms with Crippen LogP contribution < -0.4 is 9.46 Å². The summed E-state index contributed by atoms with van der Waals surface area (Å²) in [5.41, 5.74) is 0.632. The monoisotopic (exact) mass is 611 g/mol. The van der Waals surface area contributed by atoms with Crippen molar-refractivity contribution in [1.82, 2.24) is 18.8 Å². The molecule has 1 amide bonds. The second-order valence-electron chi connectivity index (χ2n) is 9.91. The number of carbonyl (C=O) groups is 1. The van der Waals surface area contributed by atoms with Gasteiger partial charge in [-0.15, -0.1) is 11.3 Å². The van der Waals surface area contributed by atoms with Crippen LogP contribution in [0.15, 0.2) is 57.5 Å². The number of amides is 1. The van der Waals surface area contributed by atoms with E-state index in [4.69, 9.17) is 4.74 Å². The van der Waals surface area contributed by atoms with Gasteiger partial charge >= 0.3 is 0 Å². The Morgan fingerprint density at radius 2 is 2.02 bits per heavy atom. The molecule has 2 N–H and O–H groups in total. The highest BCUT2D eigenvalue weighted by Gasteiger charge is 2.34. The zero-order valence-corrected chi connectivity index (χ0v) is 25.0. The zero-order valence-electron chi connectivity index (χ0n) is 22.6. The van der Waals surface area contributed by atoms with Gasteiger partial charge in [0.15, 0.2) is 5.03 Å². The van der Waals surface area contributed by atoms with Crippen molar-refractivity contribution < 1.29 is 31.5 Å². The van der Waals surface area contributed by atoms with Crippen LogP contribution in [0, 0.1) is 5.92 Å². The van der Waals surface area contributed by atoms with E-state index >= 15 is 0 Å². The number of hydrogen-bond acceptors (Lipinski definition) is 9. The predicted molar refractivity (Wildman–Crippen MR) is 150 cm³/mol. The molecule has 0 saturated carbocycles. The number of benzene rings is 1. The third kappa shape index (κ3) is 6.49. The Kier molecular flexibility index (Phi) is 8.89. The normalized spacial score (nSPS) is 19.4. The molecule has 218 valence electrons. The van der Waals surface area contributed by atoms with E-state index < -0.39 is 32.2 Å².